The lowest BCUT2D eigenvalue weighted by Gasteiger charge is -1.77. The standard InChI is InChI=1S/C5H4NOS/c1-4(7)5-6-2-3-8-5/h3H,1H3. The fourth-order valence-electron chi connectivity index (χ4n) is 0.355. The molecule has 0 unspecified atom stereocenters. The predicted molar refractivity (Wildman–Crippen MR) is 31.0 cm³/mol. The van der Waals surface area contributed by atoms with Gasteiger partial charge in [0.15, 0.2) is 10.8 Å². The maximum atomic E-state index is 10.4. The fourth-order valence-corrected chi connectivity index (χ4v) is 0.844. The summed E-state index contributed by atoms with van der Waals surface area (Å²) in [6.07, 6.45) is 2.56. The van der Waals surface area contributed by atoms with Crippen LogP contribution in [0.3, 0.4) is 0 Å². The Kier molecular flexibility index (Phi) is 1.39. The number of rotatable bonds is 1. The molecule has 2 nitrogen and oxygen atoms in total. The van der Waals surface area contributed by atoms with Crippen molar-refractivity contribution in [3.63, 3.8) is 0 Å². The monoisotopic (exact) mass is 126 g/mol. The van der Waals surface area contributed by atoms with Crippen molar-refractivity contribution in [1.82, 2.24) is 4.98 Å². The second kappa shape index (κ2) is 2.05. The highest BCUT2D eigenvalue weighted by molar-refractivity contribution is 7.11. The van der Waals surface area contributed by atoms with Crippen molar-refractivity contribution in [3.8, 4) is 0 Å². The van der Waals surface area contributed by atoms with E-state index in [-0.39, 0.29) is 5.78 Å². The van der Waals surface area contributed by atoms with E-state index in [1.54, 1.807) is 5.38 Å². The first-order valence-corrected chi connectivity index (χ1v) is 3.01. The Morgan fingerprint density at radius 3 is 3.00 bits per heavy atom. The van der Waals surface area contributed by atoms with Gasteiger partial charge in [0.25, 0.3) is 0 Å². The molecule has 0 saturated carbocycles. The SMILES string of the molecule is CC(=O)c1n[c]cs1. The van der Waals surface area contributed by atoms with Gasteiger partial charge in [-0.1, -0.05) is 0 Å². The van der Waals surface area contributed by atoms with Crippen LogP contribution in [0.1, 0.15) is 16.7 Å². The summed E-state index contributed by atoms with van der Waals surface area (Å²) in [5, 5.41) is 2.20. The van der Waals surface area contributed by atoms with E-state index in [2.05, 4.69) is 11.2 Å². The van der Waals surface area contributed by atoms with Crippen molar-refractivity contribution in [1.29, 1.82) is 0 Å². The summed E-state index contributed by atoms with van der Waals surface area (Å²) in [7, 11) is 0. The minimum absolute atomic E-state index is 0.0104. The van der Waals surface area contributed by atoms with Crippen LogP contribution in [0.4, 0.5) is 0 Å². The van der Waals surface area contributed by atoms with Crippen molar-refractivity contribution >= 4 is 17.1 Å². The molecule has 0 amide bonds. The van der Waals surface area contributed by atoms with Crippen LogP contribution in [-0.2, 0) is 0 Å². The first kappa shape index (κ1) is 5.44. The Morgan fingerprint density at radius 1 is 2.00 bits per heavy atom. The molecule has 1 aromatic heterocycles. The number of aromatic nitrogens is 1. The van der Waals surface area contributed by atoms with E-state index in [4.69, 9.17) is 0 Å². The summed E-state index contributed by atoms with van der Waals surface area (Å²) in [5.41, 5.74) is 0. The summed E-state index contributed by atoms with van der Waals surface area (Å²) in [6.45, 7) is 1.49. The number of hydrogen-bond acceptors (Lipinski definition) is 3. The highest BCUT2D eigenvalue weighted by atomic mass is 32.1. The summed E-state index contributed by atoms with van der Waals surface area (Å²) in [6, 6.07) is 0. The molecule has 1 aromatic rings. The minimum atomic E-state index is 0.0104. The molecular weight excluding hydrogens is 122 g/mol. The van der Waals surface area contributed by atoms with Crippen LogP contribution >= 0.6 is 11.3 Å². The van der Waals surface area contributed by atoms with Crippen LogP contribution < -0.4 is 0 Å². The van der Waals surface area contributed by atoms with Crippen LogP contribution in [0, 0.1) is 6.20 Å². The highest BCUT2D eigenvalue weighted by Gasteiger charge is 1.98. The van der Waals surface area contributed by atoms with Gasteiger partial charge in [0.2, 0.25) is 0 Å². The number of carbonyl (C=O) groups is 1. The van der Waals surface area contributed by atoms with Crippen LogP contribution in [0.2, 0.25) is 0 Å². The minimum Gasteiger partial charge on any atom is -0.292 e. The maximum absolute atomic E-state index is 10.4. The number of Topliss-reactive ketones (excluding diaryl/α,β-unsaturated/α-hetero) is 1. The van der Waals surface area contributed by atoms with Gasteiger partial charge in [0.1, 0.15) is 6.20 Å². The molecule has 0 aromatic carbocycles. The second-order valence-corrected chi connectivity index (χ2v) is 2.20. The Labute approximate surface area is 51.2 Å². The average Bonchev–Trinajstić information content (AvgIpc) is 2.12. The van der Waals surface area contributed by atoms with Gasteiger partial charge in [-0.25, -0.2) is 4.98 Å². The smallest absolute Gasteiger partial charge is 0.188 e. The Balaban J connectivity index is 2.93. The van der Waals surface area contributed by atoms with Gasteiger partial charge in [0, 0.05) is 12.3 Å². The summed E-state index contributed by atoms with van der Waals surface area (Å²) in [4.78, 5) is 14.1. The zero-order valence-electron chi connectivity index (χ0n) is 4.34. The maximum Gasteiger partial charge on any atom is 0.188 e. The van der Waals surface area contributed by atoms with Crippen molar-refractivity contribution in [2.75, 3.05) is 0 Å². The van der Waals surface area contributed by atoms with E-state index in [9.17, 15) is 4.79 Å². The van der Waals surface area contributed by atoms with Gasteiger partial charge >= 0.3 is 0 Å². The van der Waals surface area contributed by atoms with E-state index in [1.165, 1.54) is 18.3 Å². The van der Waals surface area contributed by atoms with E-state index >= 15 is 0 Å². The van der Waals surface area contributed by atoms with Crippen LogP contribution in [-0.4, -0.2) is 10.8 Å². The summed E-state index contributed by atoms with van der Waals surface area (Å²) >= 11 is 1.31. The first-order valence-electron chi connectivity index (χ1n) is 2.13. The van der Waals surface area contributed by atoms with E-state index in [0.29, 0.717) is 5.01 Å². The molecule has 1 rings (SSSR count). The number of nitrogens with zero attached hydrogens (tertiary/aromatic N) is 1. The highest BCUT2D eigenvalue weighted by Crippen LogP contribution is 2.02. The molecule has 0 aliphatic rings. The van der Waals surface area contributed by atoms with Gasteiger partial charge in [-0.3, -0.25) is 4.79 Å². The normalized spacial score (nSPS) is 9.12. The molecule has 0 spiro atoms. The molecule has 0 fully saturated rings. The molecule has 1 heterocycles. The Morgan fingerprint density at radius 2 is 2.75 bits per heavy atom. The van der Waals surface area contributed by atoms with Gasteiger partial charge in [0.05, 0.1) is 0 Å². The van der Waals surface area contributed by atoms with Gasteiger partial charge in [-0.05, 0) is 0 Å². The quantitative estimate of drug-likeness (QED) is 0.528. The van der Waals surface area contributed by atoms with Crippen LogP contribution in [0.25, 0.3) is 0 Å². The molecule has 0 N–H and O–H groups in total. The molecule has 0 aliphatic heterocycles. The molecular formula is C5H4NOS. The van der Waals surface area contributed by atoms with E-state index < -0.39 is 0 Å². The van der Waals surface area contributed by atoms with Crippen LogP contribution in [0.15, 0.2) is 5.38 Å². The lowest BCUT2D eigenvalue weighted by molar-refractivity contribution is 0.101. The van der Waals surface area contributed by atoms with E-state index in [1.807, 2.05) is 0 Å². The van der Waals surface area contributed by atoms with Crippen molar-refractivity contribution < 1.29 is 4.79 Å². The number of thiazole rings is 1. The van der Waals surface area contributed by atoms with Gasteiger partial charge in [-0.15, -0.1) is 11.3 Å². The average molecular weight is 126 g/mol. The molecule has 41 valence electrons. The largest absolute Gasteiger partial charge is 0.292 e. The third kappa shape index (κ3) is 0.924. The van der Waals surface area contributed by atoms with E-state index in [0.717, 1.165) is 0 Å². The first-order chi connectivity index (χ1) is 3.80. The van der Waals surface area contributed by atoms with Gasteiger partial charge in [-0.2, -0.15) is 0 Å². The zero-order chi connectivity index (χ0) is 5.98. The molecule has 8 heavy (non-hydrogen) atoms. The lowest BCUT2D eigenvalue weighted by Crippen LogP contribution is -1.87. The number of hydrogen-bond donors (Lipinski definition) is 0. The second-order valence-electron chi connectivity index (χ2n) is 1.34. The zero-order valence-corrected chi connectivity index (χ0v) is 5.16. The fraction of sp³-hybridized carbons (Fsp3) is 0.200. The number of carbonyl (C=O) groups excluding carboxylic acids is 1. The Bertz CT molecular complexity index is 180. The molecule has 0 atom stereocenters. The topological polar surface area (TPSA) is 30.0 Å². The summed E-state index contributed by atoms with van der Waals surface area (Å²) in [5.74, 6) is 0.0104. The molecule has 0 bridgehead atoms. The third-order valence-electron chi connectivity index (χ3n) is 0.691. The Hall–Kier alpha value is -0.700. The van der Waals surface area contributed by atoms with Crippen molar-refractivity contribution in [2.24, 2.45) is 0 Å². The van der Waals surface area contributed by atoms with Crippen LogP contribution in [0.5, 0.6) is 0 Å². The third-order valence-corrected chi connectivity index (χ3v) is 1.52. The van der Waals surface area contributed by atoms with Crippen molar-refractivity contribution in [2.45, 2.75) is 6.92 Å². The van der Waals surface area contributed by atoms with Crippen molar-refractivity contribution in [3.05, 3.63) is 16.6 Å². The van der Waals surface area contributed by atoms with Gasteiger partial charge < -0.3 is 0 Å². The molecule has 0 saturated heterocycles. The number of ketones is 1. The summed E-state index contributed by atoms with van der Waals surface area (Å²) < 4.78 is 0. The molecule has 0 aliphatic carbocycles. The molecule has 3 heteroatoms. The molecule has 1 radical (unpaired) electrons. The predicted octanol–water partition coefficient (Wildman–Crippen LogP) is 1.15. The lowest BCUT2D eigenvalue weighted by atomic mass is 10.5.